The molecule has 0 atom stereocenters. The first-order valence-corrected chi connectivity index (χ1v) is 13.1. The summed E-state index contributed by atoms with van der Waals surface area (Å²) in [7, 11) is -3.09. The van der Waals surface area contributed by atoms with Crippen molar-refractivity contribution in [1.82, 2.24) is 0 Å². The van der Waals surface area contributed by atoms with Crippen LogP contribution in [0, 0.1) is 25.0 Å². The number of nitro groups is 1. The first-order chi connectivity index (χ1) is 17.4. The van der Waals surface area contributed by atoms with Crippen LogP contribution in [-0.2, 0) is 14.9 Å². The summed E-state index contributed by atoms with van der Waals surface area (Å²) in [5.74, 6) is -0.895. The van der Waals surface area contributed by atoms with E-state index in [-0.39, 0.29) is 41.9 Å². The highest BCUT2D eigenvalue weighted by Gasteiger charge is 2.23. The lowest BCUT2D eigenvalue weighted by Crippen LogP contribution is -2.14. The Hall–Kier alpha value is -3.38. The fourth-order valence-electron chi connectivity index (χ4n) is 2.89. The zero-order valence-electron chi connectivity index (χ0n) is 18.6. The number of methoxy groups -OCH3 is 1. The van der Waals surface area contributed by atoms with Crippen molar-refractivity contribution in [2.45, 2.75) is 4.90 Å². The van der Waals surface area contributed by atoms with Crippen molar-refractivity contribution in [3.8, 4) is 17.6 Å². The summed E-state index contributed by atoms with van der Waals surface area (Å²) in [6, 6.07) is 13.3. The van der Waals surface area contributed by atoms with Crippen LogP contribution in [-0.4, -0.2) is 26.4 Å². The molecule has 0 radical (unpaired) electrons. The Kier molecular flexibility index (Phi) is 8.98. The number of nitro benzene ring substituents is 1. The second kappa shape index (κ2) is 11.8. The normalized spacial score (nSPS) is 11.4. The van der Waals surface area contributed by atoms with Crippen molar-refractivity contribution < 1.29 is 27.1 Å². The molecule has 1 amide bonds. The molecule has 0 saturated carbocycles. The number of amides is 1. The second-order valence-corrected chi connectivity index (χ2v) is 10.6. The second-order valence-electron chi connectivity index (χ2n) is 7.07. The molecule has 3 aromatic rings. The van der Waals surface area contributed by atoms with Crippen molar-refractivity contribution in [3.63, 3.8) is 0 Å². The van der Waals surface area contributed by atoms with Crippen LogP contribution in [0.25, 0.3) is 6.08 Å². The summed E-state index contributed by atoms with van der Waals surface area (Å²) in [6.45, 7) is 0. The number of nitrogens with one attached hydrogen (secondary N) is 1. The number of carbonyl (C=O) groups excluding carboxylic acids is 1. The molecule has 0 aliphatic carbocycles. The van der Waals surface area contributed by atoms with Gasteiger partial charge >= 0.3 is 10.1 Å². The van der Waals surface area contributed by atoms with Gasteiger partial charge < -0.3 is 14.2 Å². The highest BCUT2D eigenvalue weighted by molar-refractivity contribution is 14.1. The number of anilines is 1. The van der Waals surface area contributed by atoms with Crippen LogP contribution in [0.1, 0.15) is 5.56 Å². The van der Waals surface area contributed by atoms with E-state index in [1.165, 1.54) is 37.5 Å². The number of hydrogen-bond acceptors (Lipinski definition) is 8. The number of carbonyl (C=O) groups is 1. The Labute approximate surface area is 234 Å². The van der Waals surface area contributed by atoms with Gasteiger partial charge in [-0.1, -0.05) is 23.2 Å². The van der Waals surface area contributed by atoms with Gasteiger partial charge in [-0.3, -0.25) is 14.9 Å². The molecular formula is C23H14Cl2IN3O7S. The van der Waals surface area contributed by atoms with E-state index in [9.17, 15) is 28.6 Å². The fraction of sp³-hybridized carbons (Fsp3) is 0.0435. The standard InChI is InChI=1S/C23H14Cl2IN3O7S/c1-35-21-10-13(8-14(12-27)23(30)28-20-11-15(24)2-7-18(20)25)9-19(26)22(21)36-37(33,34)17-5-3-16(4-6-17)29(31)32/h2-11H,1H3,(H,28,30)/b14-8+. The minimum absolute atomic E-state index is 0.000722. The number of non-ortho nitro benzene ring substituents is 1. The smallest absolute Gasteiger partial charge is 0.339 e. The molecule has 10 nitrogen and oxygen atoms in total. The lowest BCUT2D eigenvalue weighted by atomic mass is 10.1. The quantitative estimate of drug-likeness (QED) is 0.0784. The van der Waals surface area contributed by atoms with Crippen LogP contribution < -0.4 is 14.2 Å². The predicted molar refractivity (Wildman–Crippen MR) is 145 cm³/mol. The van der Waals surface area contributed by atoms with Crippen LogP contribution in [0.5, 0.6) is 11.5 Å². The van der Waals surface area contributed by atoms with Gasteiger partial charge in [-0.25, -0.2) is 0 Å². The summed E-state index contributed by atoms with van der Waals surface area (Å²) in [4.78, 5) is 22.5. The molecule has 0 aromatic heterocycles. The van der Waals surface area contributed by atoms with E-state index < -0.39 is 20.9 Å². The highest BCUT2D eigenvalue weighted by atomic mass is 127. The number of nitrogens with zero attached hydrogens (tertiary/aromatic N) is 2. The Balaban J connectivity index is 1.91. The van der Waals surface area contributed by atoms with Crippen LogP contribution >= 0.6 is 45.8 Å². The number of benzene rings is 3. The maximum absolute atomic E-state index is 12.7. The van der Waals surface area contributed by atoms with E-state index >= 15 is 0 Å². The van der Waals surface area contributed by atoms with Crippen LogP contribution in [0.2, 0.25) is 10.0 Å². The van der Waals surface area contributed by atoms with Crippen LogP contribution in [0.3, 0.4) is 0 Å². The van der Waals surface area contributed by atoms with Crippen molar-refractivity contribution >= 4 is 79.3 Å². The number of halogens is 3. The van der Waals surface area contributed by atoms with Crippen molar-refractivity contribution in [2.75, 3.05) is 12.4 Å². The van der Waals surface area contributed by atoms with Crippen LogP contribution in [0.4, 0.5) is 11.4 Å². The van der Waals surface area contributed by atoms with E-state index in [4.69, 9.17) is 32.1 Å². The summed E-state index contributed by atoms with van der Waals surface area (Å²) >= 11 is 13.8. The third-order valence-corrected chi connectivity index (χ3v) is 7.24. The molecule has 3 rings (SSSR count). The molecule has 0 aliphatic heterocycles. The molecule has 0 saturated heterocycles. The molecule has 0 fully saturated rings. The van der Waals surface area contributed by atoms with Gasteiger partial charge in [0.15, 0.2) is 11.5 Å². The van der Waals surface area contributed by atoms with Gasteiger partial charge in [0.25, 0.3) is 11.6 Å². The van der Waals surface area contributed by atoms with Gasteiger partial charge in [-0.15, -0.1) is 0 Å². The highest BCUT2D eigenvalue weighted by Crippen LogP contribution is 2.37. The molecule has 0 spiro atoms. The van der Waals surface area contributed by atoms with Gasteiger partial charge in [0.05, 0.1) is 26.3 Å². The van der Waals surface area contributed by atoms with Gasteiger partial charge in [-0.2, -0.15) is 13.7 Å². The average Bonchev–Trinajstić information content (AvgIpc) is 2.86. The van der Waals surface area contributed by atoms with E-state index in [0.717, 1.165) is 24.3 Å². The number of rotatable bonds is 8. The molecule has 1 N–H and O–H groups in total. The maximum atomic E-state index is 12.7. The summed E-state index contributed by atoms with van der Waals surface area (Å²) in [5.41, 5.74) is -0.00353. The molecule has 190 valence electrons. The van der Waals surface area contributed by atoms with Crippen LogP contribution in [0.15, 0.2) is 65.1 Å². The van der Waals surface area contributed by atoms with Gasteiger partial charge in [0, 0.05) is 17.2 Å². The lowest BCUT2D eigenvalue weighted by Gasteiger charge is -2.13. The molecule has 37 heavy (non-hydrogen) atoms. The molecule has 0 unspecified atom stereocenters. The minimum atomic E-state index is -4.37. The minimum Gasteiger partial charge on any atom is -0.493 e. The number of ether oxygens (including phenoxy) is 1. The fourth-order valence-corrected chi connectivity index (χ4v) is 5.07. The lowest BCUT2D eigenvalue weighted by molar-refractivity contribution is -0.384. The zero-order valence-corrected chi connectivity index (χ0v) is 23.1. The van der Waals surface area contributed by atoms with Crippen molar-refractivity contribution in [2.24, 2.45) is 0 Å². The first kappa shape index (κ1) is 28.2. The SMILES string of the molecule is COc1cc(/C=C(\C#N)C(=O)Nc2cc(Cl)ccc2Cl)cc(I)c1OS(=O)(=O)c1ccc([N+](=O)[O-])cc1. The summed E-state index contributed by atoms with van der Waals surface area (Å²) < 4.78 is 36.3. The molecular weight excluding hydrogens is 660 g/mol. The largest absolute Gasteiger partial charge is 0.493 e. The average molecular weight is 674 g/mol. The third-order valence-electron chi connectivity index (χ3n) is 4.63. The monoisotopic (exact) mass is 673 g/mol. The molecule has 14 heteroatoms. The van der Waals surface area contributed by atoms with Crippen molar-refractivity contribution in [3.05, 3.63) is 89.5 Å². The van der Waals surface area contributed by atoms with E-state index in [1.807, 2.05) is 22.6 Å². The Morgan fingerprint density at radius 1 is 1.16 bits per heavy atom. The van der Waals surface area contributed by atoms with E-state index in [0.29, 0.717) is 10.6 Å². The number of hydrogen-bond donors (Lipinski definition) is 1. The van der Waals surface area contributed by atoms with E-state index in [2.05, 4.69) is 5.32 Å². The van der Waals surface area contributed by atoms with E-state index in [1.54, 1.807) is 12.1 Å². The Morgan fingerprint density at radius 2 is 1.84 bits per heavy atom. The van der Waals surface area contributed by atoms with Gasteiger partial charge in [0.2, 0.25) is 0 Å². The van der Waals surface area contributed by atoms with Crippen molar-refractivity contribution in [1.29, 1.82) is 5.26 Å². The molecule has 0 heterocycles. The molecule has 0 aliphatic rings. The molecule has 3 aromatic carbocycles. The maximum Gasteiger partial charge on any atom is 0.339 e. The predicted octanol–water partition coefficient (Wildman–Crippen LogP) is 5.83. The Bertz CT molecular complexity index is 1570. The third kappa shape index (κ3) is 6.89. The molecule has 0 bridgehead atoms. The van der Waals surface area contributed by atoms with Gasteiger partial charge in [0.1, 0.15) is 16.5 Å². The Morgan fingerprint density at radius 3 is 2.43 bits per heavy atom. The van der Waals surface area contributed by atoms with Gasteiger partial charge in [-0.05, 0) is 76.7 Å². The zero-order chi connectivity index (χ0) is 27.3. The summed E-state index contributed by atoms with van der Waals surface area (Å²) in [6.07, 6.45) is 1.27. The summed E-state index contributed by atoms with van der Waals surface area (Å²) in [5, 5.41) is 23.4. The number of nitriles is 1. The topological polar surface area (TPSA) is 149 Å². The first-order valence-electron chi connectivity index (χ1n) is 9.90.